The third-order valence-corrected chi connectivity index (χ3v) is 5.75. The van der Waals surface area contributed by atoms with E-state index < -0.39 is 5.69 Å². The van der Waals surface area contributed by atoms with Crippen LogP contribution in [0, 0.1) is 0 Å². The summed E-state index contributed by atoms with van der Waals surface area (Å²) in [5, 5.41) is 15.0. The van der Waals surface area contributed by atoms with Crippen molar-refractivity contribution in [1.29, 1.82) is 0 Å². The fourth-order valence-corrected chi connectivity index (χ4v) is 3.96. The van der Waals surface area contributed by atoms with Crippen molar-refractivity contribution in [2.75, 3.05) is 13.1 Å². The number of H-pyrrole nitrogens is 3. The number of fused-ring (bicyclic) bond motifs is 1. The van der Waals surface area contributed by atoms with E-state index in [4.69, 9.17) is 9.98 Å². The van der Waals surface area contributed by atoms with E-state index >= 15 is 0 Å². The van der Waals surface area contributed by atoms with Gasteiger partial charge in [-0.25, -0.2) is 9.79 Å². The highest BCUT2D eigenvalue weighted by molar-refractivity contribution is 5.56. The average Bonchev–Trinajstić information content (AvgIpc) is 3.17. The summed E-state index contributed by atoms with van der Waals surface area (Å²) in [6.07, 6.45) is 11.6. The van der Waals surface area contributed by atoms with Crippen molar-refractivity contribution in [3.8, 4) is 11.8 Å². The zero-order valence-corrected chi connectivity index (χ0v) is 17.3. The molecule has 0 unspecified atom stereocenters. The molecule has 1 aliphatic carbocycles. The summed E-state index contributed by atoms with van der Waals surface area (Å²) >= 11 is 0. The number of likely N-dealkylation sites (tertiary alicyclic amines) is 1. The fraction of sp³-hybridized carbons (Fsp3) is 0.400. The molecule has 0 spiro atoms. The van der Waals surface area contributed by atoms with Crippen LogP contribution in [0.4, 0.5) is 0 Å². The molecule has 4 aromatic heterocycles. The topological polar surface area (TPSA) is 147 Å². The lowest BCUT2D eigenvalue weighted by Crippen LogP contribution is -2.36. The van der Waals surface area contributed by atoms with E-state index in [-0.39, 0.29) is 17.6 Å². The first kappa shape index (κ1) is 18.9. The zero-order valence-electron chi connectivity index (χ0n) is 17.3. The Morgan fingerprint density at radius 1 is 1.25 bits per heavy atom. The Balaban J connectivity index is 1.46. The first-order valence-electron chi connectivity index (χ1n) is 10.8. The zero-order chi connectivity index (χ0) is 21.7. The summed E-state index contributed by atoms with van der Waals surface area (Å²) < 4.78 is 3.44. The minimum absolute atomic E-state index is 0.238. The Kier molecular flexibility index (Phi) is 4.38. The maximum Gasteiger partial charge on any atom is 0.394 e. The molecule has 0 aromatic carbocycles. The molecule has 0 bridgehead atoms. The van der Waals surface area contributed by atoms with Gasteiger partial charge in [0.1, 0.15) is 11.4 Å². The number of nitrogens with one attached hydrogen (secondary N) is 3. The molecule has 164 valence electrons. The molecular formula is C20H23N10O2+. The largest absolute Gasteiger partial charge is 0.493 e. The SMILES string of the molecule is O=c1[nH]c(O)c(C=c2cnn3c(=NC4CC4)nc(-[n+]4c[nH]c(CN5CCCC5)c4)nc23)[nH]1. The van der Waals surface area contributed by atoms with Crippen LogP contribution in [0.25, 0.3) is 17.7 Å². The summed E-state index contributed by atoms with van der Waals surface area (Å²) in [7, 11) is 0. The molecule has 0 amide bonds. The smallest absolute Gasteiger partial charge is 0.394 e. The molecule has 1 saturated heterocycles. The van der Waals surface area contributed by atoms with Crippen molar-refractivity contribution in [3.63, 3.8) is 0 Å². The standard InChI is InChI=1S/C20H22N10O2/c31-17-15(24-20(32)26-17)7-12-8-22-30-16(12)25-18(27-19(30)23-13-3-4-13)29-10-14(21-11-29)9-28-5-1-2-6-28/h7-8,10-11,13H,1-6,9H2,(H3,22,23,24,25,26,27,31,32)/p+1. The maximum atomic E-state index is 11.5. The monoisotopic (exact) mass is 435 g/mol. The van der Waals surface area contributed by atoms with Gasteiger partial charge in [-0.1, -0.05) is 9.97 Å². The van der Waals surface area contributed by atoms with Gasteiger partial charge in [0, 0.05) is 0 Å². The van der Waals surface area contributed by atoms with E-state index in [0.29, 0.717) is 22.4 Å². The van der Waals surface area contributed by atoms with Crippen LogP contribution in [0.15, 0.2) is 28.5 Å². The van der Waals surface area contributed by atoms with Crippen molar-refractivity contribution in [3.05, 3.63) is 51.4 Å². The van der Waals surface area contributed by atoms with Crippen LogP contribution in [0.5, 0.6) is 5.88 Å². The highest BCUT2D eigenvalue weighted by Gasteiger charge is 2.23. The van der Waals surface area contributed by atoms with Gasteiger partial charge in [-0.2, -0.15) is 14.2 Å². The second kappa shape index (κ2) is 7.41. The van der Waals surface area contributed by atoms with Crippen LogP contribution < -0.4 is 21.1 Å². The van der Waals surface area contributed by atoms with Crippen molar-refractivity contribution in [2.45, 2.75) is 38.3 Å². The molecule has 32 heavy (non-hydrogen) atoms. The Morgan fingerprint density at radius 2 is 2.09 bits per heavy atom. The minimum atomic E-state index is -0.488. The van der Waals surface area contributed by atoms with E-state index in [1.165, 1.54) is 12.8 Å². The third kappa shape index (κ3) is 3.58. The van der Waals surface area contributed by atoms with Crippen LogP contribution >= 0.6 is 0 Å². The molecule has 2 aliphatic rings. The Morgan fingerprint density at radius 3 is 2.84 bits per heavy atom. The quantitative estimate of drug-likeness (QED) is 0.285. The molecule has 4 N–H and O–H groups in total. The summed E-state index contributed by atoms with van der Waals surface area (Å²) in [6.45, 7) is 3.10. The van der Waals surface area contributed by atoms with Crippen molar-refractivity contribution in [1.82, 2.24) is 39.4 Å². The van der Waals surface area contributed by atoms with Crippen LogP contribution in [0.3, 0.4) is 0 Å². The number of hydrogen-bond donors (Lipinski definition) is 4. The molecule has 0 atom stereocenters. The van der Waals surface area contributed by atoms with Gasteiger partial charge >= 0.3 is 17.3 Å². The van der Waals surface area contributed by atoms with Crippen LogP contribution in [-0.2, 0) is 6.54 Å². The molecule has 5 heterocycles. The molecular weight excluding hydrogens is 412 g/mol. The lowest BCUT2D eigenvalue weighted by atomic mass is 10.3. The summed E-state index contributed by atoms with van der Waals surface area (Å²) in [6, 6.07) is 0.254. The van der Waals surface area contributed by atoms with E-state index in [9.17, 15) is 9.90 Å². The first-order valence-corrected chi connectivity index (χ1v) is 10.8. The highest BCUT2D eigenvalue weighted by atomic mass is 16.3. The number of rotatable bonds is 5. The van der Waals surface area contributed by atoms with Gasteiger partial charge in [0.2, 0.25) is 11.5 Å². The Hall–Kier alpha value is -3.80. The van der Waals surface area contributed by atoms with Gasteiger partial charge in [-0.05, 0) is 44.8 Å². The number of aromatic nitrogens is 8. The molecule has 6 rings (SSSR count). The van der Waals surface area contributed by atoms with Crippen LogP contribution in [-0.4, -0.2) is 63.7 Å². The van der Waals surface area contributed by atoms with Gasteiger partial charge in [0.25, 0.3) is 0 Å². The highest BCUT2D eigenvalue weighted by Crippen LogP contribution is 2.22. The molecule has 1 aliphatic heterocycles. The van der Waals surface area contributed by atoms with Gasteiger partial charge in [-0.3, -0.25) is 14.9 Å². The molecule has 12 nitrogen and oxygen atoms in total. The lowest BCUT2D eigenvalue weighted by Gasteiger charge is -2.11. The van der Waals surface area contributed by atoms with Crippen molar-refractivity contribution < 1.29 is 9.67 Å². The van der Waals surface area contributed by atoms with Crippen LogP contribution in [0.2, 0.25) is 0 Å². The fourth-order valence-electron chi connectivity index (χ4n) is 3.96. The number of hydrogen-bond acceptors (Lipinski definition) is 7. The van der Waals surface area contributed by atoms with E-state index in [0.717, 1.165) is 38.2 Å². The number of aromatic amines is 3. The third-order valence-electron chi connectivity index (χ3n) is 5.75. The van der Waals surface area contributed by atoms with Crippen LogP contribution in [0.1, 0.15) is 37.1 Å². The predicted octanol–water partition coefficient (Wildman–Crippen LogP) is -1.34. The molecule has 12 heteroatoms. The second-order valence-electron chi connectivity index (χ2n) is 8.32. The summed E-state index contributed by atoms with van der Waals surface area (Å²) in [4.78, 5) is 36.2. The van der Waals surface area contributed by atoms with Crippen molar-refractivity contribution in [2.24, 2.45) is 4.99 Å². The molecule has 4 aromatic rings. The lowest BCUT2D eigenvalue weighted by molar-refractivity contribution is -0.602. The predicted molar refractivity (Wildman–Crippen MR) is 112 cm³/mol. The van der Waals surface area contributed by atoms with E-state index in [1.807, 2.05) is 17.1 Å². The average molecular weight is 435 g/mol. The van der Waals surface area contributed by atoms with Gasteiger partial charge in [0.05, 0.1) is 30.2 Å². The van der Waals surface area contributed by atoms with Gasteiger partial charge < -0.3 is 10.1 Å². The Labute approximate surface area is 181 Å². The summed E-state index contributed by atoms with van der Waals surface area (Å²) in [5.41, 5.74) is 1.87. The first-order chi connectivity index (χ1) is 15.6. The van der Waals surface area contributed by atoms with Gasteiger partial charge in [-0.15, -0.1) is 0 Å². The van der Waals surface area contributed by atoms with E-state index in [2.05, 4.69) is 29.9 Å². The second-order valence-corrected chi connectivity index (χ2v) is 8.32. The molecule has 2 fully saturated rings. The number of nitrogens with zero attached hydrogens (tertiary/aromatic N) is 7. The minimum Gasteiger partial charge on any atom is -0.493 e. The summed E-state index contributed by atoms with van der Waals surface area (Å²) in [5.74, 6) is 0.237. The number of imidazole rings is 2. The molecule has 1 saturated carbocycles. The maximum absolute atomic E-state index is 11.5. The molecule has 0 radical (unpaired) electrons. The van der Waals surface area contributed by atoms with Gasteiger partial charge in [0.15, 0.2) is 6.33 Å². The van der Waals surface area contributed by atoms with Crippen molar-refractivity contribution >= 4 is 11.7 Å². The number of aromatic hydroxyl groups is 1. The van der Waals surface area contributed by atoms with E-state index in [1.54, 1.807) is 16.8 Å². The normalized spacial score (nSPS) is 18.4. The Bertz CT molecular complexity index is 1470.